The van der Waals surface area contributed by atoms with Gasteiger partial charge in [-0.05, 0) is 48.5 Å². The van der Waals surface area contributed by atoms with Gasteiger partial charge in [0, 0.05) is 41.5 Å². The Bertz CT molecular complexity index is 1180. The lowest BCUT2D eigenvalue weighted by atomic mass is 10.1. The molecule has 0 aliphatic carbocycles. The Labute approximate surface area is 163 Å². The van der Waals surface area contributed by atoms with Gasteiger partial charge in [0.15, 0.2) is 0 Å². The van der Waals surface area contributed by atoms with E-state index < -0.39 is 0 Å². The highest BCUT2D eigenvalue weighted by molar-refractivity contribution is 5.57. The summed E-state index contributed by atoms with van der Waals surface area (Å²) in [6, 6.07) is 17.1. The predicted octanol–water partition coefficient (Wildman–Crippen LogP) is 3.98. The van der Waals surface area contributed by atoms with E-state index in [0.717, 1.165) is 39.5 Å². The van der Waals surface area contributed by atoms with Crippen molar-refractivity contribution in [1.29, 1.82) is 0 Å². The second kappa shape index (κ2) is 7.95. The van der Waals surface area contributed by atoms with Crippen molar-refractivity contribution in [2.24, 2.45) is 0 Å². The summed E-state index contributed by atoms with van der Waals surface area (Å²) in [7, 11) is 0. The van der Waals surface area contributed by atoms with Crippen molar-refractivity contribution >= 4 is 0 Å². The zero-order chi connectivity index (χ0) is 19.2. The summed E-state index contributed by atoms with van der Waals surface area (Å²) in [5.74, 6) is 8.76. The average molecular weight is 358 g/mol. The normalized spacial score (nSPS) is 9.82. The second-order valence-electron chi connectivity index (χ2n) is 5.91. The minimum absolute atomic E-state index is 0.744. The van der Waals surface area contributed by atoms with Gasteiger partial charge >= 0.3 is 0 Å². The number of pyridine rings is 4. The molecular weight excluding hydrogens is 344 g/mol. The fourth-order valence-corrected chi connectivity index (χ4v) is 2.53. The van der Waals surface area contributed by atoms with E-state index in [9.17, 15) is 0 Å². The van der Waals surface area contributed by atoms with Crippen LogP contribution in [0.2, 0.25) is 0 Å². The molecule has 4 heteroatoms. The van der Waals surface area contributed by atoms with Crippen LogP contribution in [0.1, 0.15) is 16.7 Å². The van der Waals surface area contributed by atoms with Crippen molar-refractivity contribution in [3.8, 4) is 47.0 Å². The molecule has 0 spiro atoms. The van der Waals surface area contributed by atoms with Gasteiger partial charge in [0.2, 0.25) is 0 Å². The molecule has 0 saturated carbocycles. The number of nitrogens with zero attached hydrogens (tertiary/aromatic N) is 4. The molecule has 0 amide bonds. The van der Waals surface area contributed by atoms with Crippen LogP contribution in [0.25, 0.3) is 22.8 Å². The molecular formula is C24H14N4. The average Bonchev–Trinajstić information content (AvgIpc) is 2.79. The Morgan fingerprint density at radius 1 is 0.536 bits per heavy atom. The van der Waals surface area contributed by atoms with Gasteiger partial charge in [0.05, 0.1) is 22.8 Å². The van der Waals surface area contributed by atoms with Crippen LogP contribution in [0.15, 0.2) is 79.4 Å². The van der Waals surface area contributed by atoms with E-state index >= 15 is 0 Å². The van der Waals surface area contributed by atoms with Crippen LogP contribution >= 0.6 is 0 Å². The Morgan fingerprint density at radius 2 is 1.04 bits per heavy atom. The zero-order valence-corrected chi connectivity index (χ0v) is 14.9. The van der Waals surface area contributed by atoms with Gasteiger partial charge in [-0.3, -0.25) is 19.9 Å². The fourth-order valence-electron chi connectivity index (χ4n) is 2.53. The smallest absolute Gasteiger partial charge is 0.0887 e. The lowest BCUT2D eigenvalue weighted by molar-refractivity contribution is 1.23. The molecule has 0 aliphatic rings. The molecule has 0 bridgehead atoms. The highest BCUT2D eigenvalue weighted by Crippen LogP contribution is 2.15. The van der Waals surface area contributed by atoms with E-state index in [1.165, 1.54) is 0 Å². The summed E-state index contributed by atoms with van der Waals surface area (Å²) in [4.78, 5) is 17.5. The molecule has 28 heavy (non-hydrogen) atoms. The monoisotopic (exact) mass is 358 g/mol. The third-order valence-electron chi connectivity index (χ3n) is 4.00. The van der Waals surface area contributed by atoms with E-state index in [1.807, 2.05) is 54.6 Å². The van der Waals surface area contributed by atoms with Crippen LogP contribution < -0.4 is 0 Å². The van der Waals surface area contributed by atoms with E-state index in [2.05, 4.69) is 37.7 Å². The van der Waals surface area contributed by atoms with Crippen molar-refractivity contribution in [3.05, 3.63) is 96.1 Å². The van der Waals surface area contributed by atoms with Crippen molar-refractivity contribution in [3.63, 3.8) is 0 Å². The molecule has 4 aromatic heterocycles. The molecule has 4 aromatic rings. The first-order chi connectivity index (χ1) is 13.8. The molecule has 0 N–H and O–H groups in total. The maximum Gasteiger partial charge on any atom is 0.0887 e. The van der Waals surface area contributed by atoms with E-state index in [-0.39, 0.29) is 0 Å². The molecule has 0 aromatic carbocycles. The molecule has 0 unspecified atom stereocenters. The minimum Gasteiger partial charge on any atom is -0.255 e. The maximum absolute atomic E-state index is 5.35. The minimum atomic E-state index is 0.744. The van der Waals surface area contributed by atoms with Gasteiger partial charge in [-0.1, -0.05) is 23.8 Å². The molecule has 0 fully saturated rings. The van der Waals surface area contributed by atoms with Gasteiger partial charge in [-0.2, -0.15) is 0 Å². The molecule has 0 aliphatic heterocycles. The standard InChI is InChI=1S/C24H14N4/c1-2-18-8-11-23(26-15-18)24-13-10-20(17-28-24)7-6-19-9-12-22(27-16-19)21-5-3-4-14-25-21/h1,3-5,8-17H. The summed E-state index contributed by atoms with van der Waals surface area (Å²) in [6.07, 6.45) is 12.2. The second-order valence-corrected chi connectivity index (χ2v) is 5.91. The highest BCUT2D eigenvalue weighted by atomic mass is 14.8. The Morgan fingerprint density at radius 3 is 1.43 bits per heavy atom. The van der Waals surface area contributed by atoms with E-state index in [4.69, 9.17) is 6.42 Å². The SMILES string of the molecule is C#Cc1ccc(-c2ccc(C#Cc3ccc(-c4ccccn4)nc3)cn2)nc1. The highest BCUT2D eigenvalue weighted by Gasteiger charge is 2.01. The summed E-state index contributed by atoms with van der Waals surface area (Å²) >= 11 is 0. The quantitative estimate of drug-likeness (QED) is 0.509. The molecule has 4 rings (SSSR count). The van der Waals surface area contributed by atoms with Gasteiger partial charge < -0.3 is 0 Å². The van der Waals surface area contributed by atoms with Crippen molar-refractivity contribution in [2.45, 2.75) is 0 Å². The van der Waals surface area contributed by atoms with Gasteiger partial charge in [0.25, 0.3) is 0 Å². The molecule has 4 heterocycles. The summed E-state index contributed by atoms with van der Waals surface area (Å²) in [5.41, 5.74) is 5.59. The Balaban J connectivity index is 1.49. The maximum atomic E-state index is 5.35. The van der Waals surface area contributed by atoms with Crippen LogP contribution in [0.4, 0.5) is 0 Å². The summed E-state index contributed by atoms with van der Waals surface area (Å²) in [5, 5.41) is 0. The number of hydrogen-bond donors (Lipinski definition) is 0. The van der Waals surface area contributed by atoms with Crippen molar-refractivity contribution < 1.29 is 0 Å². The first kappa shape index (κ1) is 17.1. The van der Waals surface area contributed by atoms with Crippen LogP contribution in [-0.4, -0.2) is 19.9 Å². The number of rotatable bonds is 2. The van der Waals surface area contributed by atoms with Crippen LogP contribution in [0.5, 0.6) is 0 Å². The van der Waals surface area contributed by atoms with Gasteiger partial charge in [-0.25, -0.2) is 0 Å². The van der Waals surface area contributed by atoms with Crippen molar-refractivity contribution in [1.82, 2.24) is 19.9 Å². The lowest BCUT2D eigenvalue weighted by Crippen LogP contribution is -1.89. The molecule has 0 radical (unpaired) electrons. The molecule has 0 saturated heterocycles. The van der Waals surface area contributed by atoms with Gasteiger partial charge in [0.1, 0.15) is 0 Å². The zero-order valence-electron chi connectivity index (χ0n) is 14.9. The van der Waals surface area contributed by atoms with Crippen molar-refractivity contribution in [2.75, 3.05) is 0 Å². The molecule has 130 valence electrons. The summed E-state index contributed by atoms with van der Waals surface area (Å²) < 4.78 is 0. The first-order valence-electron chi connectivity index (χ1n) is 8.60. The third-order valence-corrected chi connectivity index (χ3v) is 4.00. The van der Waals surface area contributed by atoms with E-state index in [0.29, 0.717) is 0 Å². The fraction of sp³-hybridized carbons (Fsp3) is 0. The Hall–Kier alpha value is -4.28. The Kier molecular flexibility index (Phi) is 4.87. The largest absolute Gasteiger partial charge is 0.255 e. The molecule has 0 atom stereocenters. The third kappa shape index (κ3) is 3.93. The first-order valence-corrected chi connectivity index (χ1v) is 8.60. The van der Waals surface area contributed by atoms with E-state index in [1.54, 1.807) is 24.8 Å². The van der Waals surface area contributed by atoms with Crippen LogP contribution in [-0.2, 0) is 0 Å². The summed E-state index contributed by atoms with van der Waals surface area (Å²) in [6.45, 7) is 0. The van der Waals surface area contributed by atoms with Crippen LogP contribution in [0.3, 0.4) is 0 Å². The number of aromatic nitrogens is 4. The van der Waals surface area contributed by atoms with Crippen LogP contribution in [0, 0.1) is 24.2 Å². The number of terminal acetylenes is 1. The van der Waals surface area contributed by atoms with Gasteiger partial charge in [-0.15, -0.1) is 6.42 Å². The lowest BCUT2D eigenvalue weighted by Gasteiger charge is -2.00. The molecule has 4 nitrogen and oxygen atoms in total. The predicted molar refractivity (Wildman–Crippen MR) is 109 cm³/mol. The number of hydrogen-bond acceptors (Lipinski definition) is 4. The topological polar surface area (TPSA) is 51.6 Å².